The second-order valence-corrected chi connectivity index (χ2v) is 4.76. The summed E-state index contributed by atoms with van der Waals surface area (Å²) in [7, 11) is 0. The molecule has 108 valence electrons. The van der Waals surface area contributed by atoms with Gasteiger partial charge in [-0.15, -0.1) is 0 Å². The van der Waals surface area contributed by atoms with Crippen LogP contribution >= 0.6 is 0 Å². The van der Waals surface area contributed by atoms with Crippen molar-refractivity contribution in [3.05, 3.63) is 40.8 Å². The van der Waals surface area contributed by atoms with Gasteiger partial charge in [0.25, 0.3) is 5.56 Å². The Balaban J connectivity index is 1.74. The summed E-state index contributed by atoms with van der Waals surface area (Å²) in [5.74, 6) is 0.371. The van der Waals surface area contributed by atoms with Crippen molar-refractivity contribution in [2.24, 2.45) is 0 Å². The lowest BCUT2D eigenvalue weighted by Gasteiger charge is -2.06. The maximum absolute atomic E-state index is 11.7. The first-order valence-corrected chi connectivity index (χ1v) is 6.61. The van der Waals surface area contributed by atoms with E-state index in [1.807, 2.05) is 11.5 Å². The van der Waals surface area contributed by atoms with Crippen molar-refractivity contribution in [3.8, 4) is 0 Å². The van der Waals surface area contributed by atoms with Gasteiger partial charge in [-0.05, 0) is 19.4 Å². The van der Waals surface area contributed by atoms with E-state index >= 15 is 0 Å². The highest BCUT2D eigenvalue weighted by molar-refractivity contribution is 5.80. The molecule has 3 aromatic heterocycles. The van der Waals surface area contributed by atoms with E-state index in [1.165, 1.54) is 17.1 Å². The Morgan fingerprint density at radius 2 is 2.05 bits per heavy atom. The van der Waals surface area contributed by atoms with Crippen LogP contribution in [-0.2, 0) is 13.1 Å². The molecule has 0 unspecified atom stereocenters. The minimum Gasteiger partial charge on any atom is -0.382 e. The highest BCUT2D eigenvalue weighted by Gasteiger charge is 2.07. The fourth-order valence-electron chi connectivity index (χ4n) is 2.16. The van der Waals surface area contributed by atoms with Crippen LogP contribution in [-0.4, -0.2) is 29.3 Å². The zero-order chi connectivity index (χ0) is 14.8. The van der Waals surface area contributed by atoms with Crippen molar-refractivity contribution in [1.82, 2.24) is 29.3 Å². The minimum absolute atomic E-state index is 0.0948. The molecule has 21 heavy (non-hydrogen) atoms. The maximum atomic E-state index is 11.7. The first-order chi connectivity index (χ1) is 10.1. The zero-order valence-corrected chi connectivity index (χ0v) is 11.6. The SMILES string of the molecule is Cc1ccc(=O)n(CCCn2cnc3c(N)ncnc32)n1. The van der Waals surface area contributed by atoms with E-state index < -0.39 is 0 Å². The molecule has 2 N–H and O–H groups in total. The molecule has 0 aliphatic rings. The number of rotatable bonds is 4. The van der Waals surface area contributed by atoms with Crippen molar-refractivity contribution in [1.29, 1.82) is 0 Å². The number of aryl methyl sites for hydroxylation is 3. The van der Waals surface area contributed by atoms with E-state index in [2.05, 4.69) is 20.1 Å². The smallest absolute Gasteiger partial charge is 0.266 e. The zero-order valence-electron chi connectivity index (χ0n) is 11.6. The van der Waals surface area contributed by atoms with Crippen molar-refractivity contribution in [3.63, 3.8) is 0 Å². The molecular formula is C13H15N7O. The molecule has 0 saturated heterocycles. The molecule has 0 aliphatic heterocycles. The number of hydrogen-bond acceptors (Lipinski definition) is 6. The Hall–Kier alpha value is -2.77. The predicted molar refractivity (Wildman–Crippen MR) is 77.6 cm³/mol. The largest absolute Gasteiger partial charge is 0.382 e. The molecule has 0 fully saturated rings. The van der Waals surface area contributed by atoms with Gasteiger partial charge in [0.05, 0.1) is 12.0 Å². The van der Waals surface area contributed by atoms with Crippen molar-refractivity contribution < 1.29 is 0 Å². The third kappa shape index (κ3) is 2.60. The number of aromatic nitrogens is 6. The second kappa shape index (κ2) is 5.31. The normalized spacial score (nSPS) is 11.1. The molecule has 8 heteroatoms. The van der Waals surface area contributed by atoms with Gasteiger partial charge in [0.2, 0.25) is 0 Å². The summed E-state index contributed by atoms with van der Waals surface area (Å²) in [6.45, 7) is 3.08. The molecule has 3 rings (SSSR count). The van der Waals surface area contributed by atoms with Crippen LogP contribution in [0.4, 0.5) is 5.82 Å². The molecule has 0 saturated carbocycles. The molecule has 0 bridgehead atoms. The number of nitrogens with two attached hydrogens (primary N) is 1. The molecule has 0 radical (unpaired) electrons. The van der Waals surface area contributed by atoms with E-state index in [4.69, 9.17) is 5.73 Å². The van der Waals surface area contributed by atoms with E-state index in [0.29, 0.717) is 30.1 Å². The number of imidazole rings is 1. The molecular weight excluding hydrogens is 270 g/mol. The summed E-state index contributed by atoms with van der Waals surface area (Å²) >= 11 is 0. The molecule has 0 spiro atoms. The number of nitrogen functional groups attached to an aromatic ring is 1. The van der Waals surface area contributed by atoms with E-state index in [0.717, 1.165) is 12.1 Å². The van der Waals surface area contributed by atoms with Gasteiger partial charge in [0.15, 0.2) is 11.5 Å². The molecule has 8 nitrogen and oxygen atoms in total. The summed E-state index contributed by atoms with van der Waals surface area (Å²) in [4.78, 5) is 24.0. The molecule has 0 atom stereocenters. The van der Waals surface area contributed by atoms with Gasteiger partial charge in [-0.1, -0.05) is 0 Å². The third-order valence-electron chi connectivity index (χ3n) is 3.20. The standard InChI is InChI=1S/C13H15N7O/c1-9-3-4-10(21)20(18-9)6-2-5-19-8-17-11-12(14)15-7-16-13(11)19/h3-4,7-8H,2,5-6H2,1H3,(H2,14,15,16). The van der Waals surface area contributed by atoms with Crippen LogP contribution in [0.25, 0.3) is 11.2 Å². The quantitative estimate of drug-likeness (QED) is 0.742. The van der Waals surface area contributed by atoms with Crippen LogP contribution in [0.5, 0.6) is 0 Å². The lowest BCUT2D eigenvalue weighted by atomic mass is 10.4. The minimum atomic E-state index is -0.0948. The van der Waals surface area contributed by atoms with Crippen molar-refractivity contribution in [2.75, 3.05) is 5.73 Å². The Kier molecular flexibility index (Phi) is 3.35. The summed E-state index contributed by atoms with van der Waals surface area (Å²) in [6.07, 6.45) is 3.84. The first kappa shape index (κ1) is 13.2. The van der Waals surface area contributed by atoms with Gasteiger partial charge in [0.1, 0.15) is 11.8 Å². The van der Waals surface area contributed by atoms with Gasteiger partial charge in [-0.2, -0.15) is 5.10 Å². The molecule has 3 heterocycles. The Labute approximate surface area is 120 Å². The lowest BCUT2D eigenvalue weighted by molar-refractivity contribution is 0.506. The topological polar surface area (TPSA) is 105 Å². The Morgan fingerprint density at radius 3 is 2.90 bits per heavy atom. The van der Waals surface area contributed by atoms with Crippen LogP contribution in [0.3, 0.4) is 0 Å². The van der Waals surface area contributed by atoms with Gasteiger partial charge < -0.3 is 10.3 Å². The van der Waals surface area contributed by atoms with Gasteiger partial charge in [-0.3, -0.25) is 4.79 Å². The van der Waals surface area contributed by atoms with Crippen molar-refractivity contribution >= 4 is 17.0 Å². The van der Waals surface area contributed by atoms with Crippen LogP contribution < -0.4 is 11.3 Å². The molecule has 0 aromatic carbocycles. The monoisotopic (exact) mass is 285 g/mol. The van der Waals surface area contributed by atoms with Gasteiger partial charge >= 0.3 is 0 Å². The predicted octanol–water partition coefficient (Wildman–Crippen LogP) is 0.364. The third-order valence-corrected chi connectivity index (χ3v) is 3.20. The number of nitrogens with zero attached hydrogens (tertiary/aromatic N) is 6. The van der Waals surface area contributed by atoms with E-state index in [9.17, 15) is 4.79 Å². The van der Waals surface area contributed by atoms with Crippen molar-refractivity contribution in [2.45, 2.75) is 26.4 Å². The van der Waals surface area contributed by atoms with E-state index in [-0.39, 0.29) is 5.56 Å². The molecule has 0 amide bonds. The number of fused-ring (bicyclic) bond motifs is 1. The average Bonchev–Trinajstić information content (AvgIpc) is 2.88. The fourth-order valence-corrected chi connectivity index (χ4v) is 2.16. The highest BCUT2D eigenvalue weighted by Crippen LogP contribution is 2.14. The summed E-state index contributed by atoms with van der Waals surface area (Å²) in [5.41, 5.74) is 7.77. The van der Waals surface area contributed by atoms with Crippen LogP contribution in [0.2, 0.25) is 0 Å². The van der Waals surface area contributed by atoms with Gasteiger partial charge in [0, 0.05) is 19.2 Å². The molecule has 0 aliphatic carbocycles. The lowest BCUT2D eigenvalue weighted by Crippen LogP contribution is -2.23. The van der Waals surface area contributed by atoms with Crippen LogP contribution in [0.1, 0.15) is 12.1 Å². The summed E-state index contributed by atoms with van der Waals surface area (Å²) in [5, 5.41) is 4.20. The van der Waals surface area contributed by atoms with Crippen LogP contribution in [0, 0.1) is 6.92 Å². The summed E-state index contributed by atoms with van der Waals surface area (Å²) < 4.78 is 3.37. The Morgan fingerprint density at radius 1 is 1.19 bits per heavy atom. The average molecular weight is 285 g/mol. The maximum Gasteiger partial charge on any atom is 0.266 e. The highest BCUT2D eigenvalue weighted by atomic mass is 16.1. The first-order valence-electron chi connectivity index (χ1n) is 6.61. The van der Waals surface area contributed by atoms with E-state index in [1.54, 1.807) is 12.4 Å². The number of hydrogen-bond donors (Lipinski definition) is 1. The number of anilines is 1. The second-order valence-electron chi connectivity index (χ2n) is 4.76. The Bertz CT molecular complexity index is 836. The summed E-state index contributed by atoms with van der Waals surface area (Å²) in [6, 6.07) is 3.24. The molecule has 3 aromatic rings. The fraction of sp³-hybridized carbons (Fsp3) is 0.308. The van der Waals surface area contributed by atoms with Crippen LogP contribution in [0.15, 0.2) is 29.6 Å². The van der Waals surface area contributed by atoms with Gasteiger partial charge in [-0.25, -0.2) is 19.6 Å².